The van der Waals surface area contributed by atoms with Crippen LogP contribution in [0.5, 0.6) is 0 Å². The van der Waals surface area contributed by atoms with Crippen LogP contribution in [0.1, 0.15) is 31.0 Å². The van der Waals surface area contributed by atoms with Gasteiger partial charge in [-0.1, -0.05) is 18.5 Å². The second-order valence-electron chi connectivity index (χ2n) is 4.28. The van der Waals surface area contributed by atoms with Crippen molar-refractivity contribution in [1.82, 2.24) is 10.0 Å². The first-order valence-corrected chi connectivity index (χ1v) is 6.18. The summed E-state index contributed by atoms with van der Waals surface area (Å²) in [5.74, 6) is 0. The molecule has 0 saturated heterocycles. The third-order valence-electron chi connectivity index (χ3n) is 3.12. The lowest BCUT2D eigenvalue weighted by Gasteiger charge is -2.30. The topological polar surface area (TPSA) is 36.4 Å². The summed E-state index contributed by atoms with van der Waals surface area (Å²) in [6.07, 6.45) is 5.36. The van der Waals surface area contributed by atoms with Gasteiger partial charge in [0.05, 0.1) is 0 Å². The lowest BCUT2D eigenvalue weighted by molar-refractivity contribution is -0.129. The second-order valence-corrected chi connectivity index (χ2v) is 4.68. The second kappa shape index (κ2) is 5.13. The Labute approximate surface area is 101 Å². The quantitative estimate of drug-likeness (QED) is 0.826. The van der Waals surface area contributed by atoms with E-state index in [0.717, 1.165) is 48.5 Å². The Hall–Kier alpha value is -0.640. The zero-order chi connectivity index (χ0) is 11.5. The molecule has 0 amide bonds. The maximum Gasteiger partial charge on any atom is 0.0471 e. The van der Waals surface area contributed by atoms with Crippen molar-refractivity contribution in [3.05, 3.63) is 28.5 Å². The molecule has 1 aliphatic carbocycles. The van der Waals surface area contributed by atoms with Crippen molar-refractivity contribution < 1.29 is 5.21 Å². The fraction of sp³-hybridized carbons (Fsp3) is 0.583. The van der Waals surface area contributed by atoms with Gasteiger partial charge in [0, 0.05) is 35.9 Å². The van der Waals surface area contributed by atoms with Crippen LogP contribution in [-0.2, 0) is 12.8 Å². The molecular formula is C12H17ClN2O. The van der Waals surface area contributed by atoms with Gasteiger partial charge in [-0.2, -0.15) is 5.06 Å². The number of hydrogen-bond acceptors (Lipinski definition) is 3. The van der Waals surface area contributed by atoms with E-state index in [0.29, 0.717) is 0 Å². The fourth-order valence-electron chi connectivity index (χ4n) is 2.25. The van der Waals surface area contributed by atoms with Crippen LogP contribution in [0.4, 0.5) is 0 Å². The zero-order valence-electron chi connectivity index (χ0n) is 9.49. The smallest absolute Gasteiger partial charge is 0.0471 e. The van der Waals surface area contributed by atoms with Crippen LogP contribution < -0.4 is 0 Å². The van der Waals surface area contributed by atoms with E-state index in [-0.39, 0.29) is 6.04 Å². The van der Waals surface area contributed by atoms with Crippen LogP contribution in [0.3, 0.4) is 0 Å². The van der Waals surface area contributed by atoms with E-state index in [2.05, 4.69) is 11.9 Å². The Morgan fingerprint density at radius 2 is 2.44 bits per heavy atom. The molecule has 3 nitrogen and oxygen atoms in total. The Morgan fingerprint density at radius 1 is 1.62 bits per heavy atom. The van der Waals surface area contributed by atoms with Gasteiger partial charge in [-0.05, 0) is 30.9 Å². The molecule has 1 aliphatic rings. The van der Waals surface area contributed by atoms with Gasteiger partial charge in [0.15, 0.2) is 0 Å². The fourth-order valence-corrected chi connectivity index (χ4v) is 2.51. The molecule has 0 aliphatic heterocycles. The van der Waals surface area contributed by atoms with E-state index in [1.807, 2.05) is 6.07 Å². The van der Waals surface area contributed by atoms with E-state index in [4.69, 9.17) is 11.6 Å². The molecule has 0 fully saturated rings. The standard InChI is InChI=1S/C12H17ClN2O/c1-2-7-15(16)9-3-4-10-11(13)5-6-14-12(10)8-9/h5-6,9,16H,2-4,7-8H2,1H3. The van der Waals surface area contributed by atoms with Crippen LogP contribution in [0, 0.1) is 0 Å². The van der Waals surface area contributed by atoms with E-state index < -0.39 is 0 Å². The molecule has 1 N–H and O–H groups in total. The Morgan fingerprint density at radius 3 is 3.19 bits per heavy atom. The molecule has 4 heteroatoms. The minimum atomic E-state index is 0.193. The summed E-state index contributed by atoms with van der Waals surface area (Å²) in [7, 11) is 0. The summed E-state index contributed by atoms with van der Waals surface area (Å²) in [6, 6.07) is 2.03. The summed E-state index contributed by atoms with van der Waals surface area (Å²) in [5.41, 5.74) is 2.20. The van der Waals surface area contributed by atoms with Crippen LogP contribution in [0.2, 0.25) is 5.02 Å². The molecule has 0 aromatic carbocycles. The highest BCUT2D eigenvalue weighted by atomic mass is 35.5. The molecule has 88 valence electrons. The number of hydroxylamine groups is 2. The van der Waals surface area contributed by atoms with Gasteiger partial charge in [-0.25, -0.2) is 0 Å². The number of rotatable bonds is 3. The van der Waals surface area contributed by atoms with Crippen LogP contribution >= 0.6 is 11.6 Å². The molecule has 1 aromatic rings. The number of hydrogen-bond donors (Lipinski definition) is 1. The van der Waals surface area contributed by atoms with Gasteiger partial charge in [0.25, 0.3) is 0 Å². The highest BCUT2D eigenvalue weighted by molar-refractivity contribution is 6.31. The summed E-state index contributed by atoms with van der Waals surface area (Å²) in [6.45, 7) is 2.79. The maximum absolute atomic E-state index is 9.84. The van der Waals surface area contributed by atoms with E-state index in [1.54, 1.807) is 6.20 Å². The molecule has 0 bridgehead atoms. The third kappa shape index (κ3) is 2.37. The van der Waals surface area contributed by atoms with Crippen molar-refractivity contribution in [2.75, 3.05) is 6.54 Å². The summed E-state index contributed by atoms with van der Waals surface area (Å²) < 4.78 is 0. The van der Waals surface area contributed by atoms with Crippen molar-refractivity contribution in [2.24, 2.45) is 0 Å². The van der Waals surface area contributed by atoms with E-state index in [9.17, 15) is 5.21 Å². The molecule has 16 heavy (non-hydrogen) atoms. The SMILES string of the molecule is CCCN(O)C1CCc2c(Cl)ccnc2C1. The molecule has 1 unspecified atom stereocenters. The van der Waals surface area contributed by atoms with Gasteiger partial charge < -0.3 is 5.21 Å². The highest BCUT2D eigenvalue weighted by Gasteiger charge is 2.24. The van der Waals surface area contributed by atoms with Crippen LogP contribution in [0.15, 0.2) is 12.3 Å². The first kappa shape index (κ1) is 11.8. The molecule has 0 radical (unpaired) electrons. The largest absolute Gasteiger partial charge is 0.314 e. The number of halogens is 1. The number of nitrogens with zero attached hydrogens (tertiary/aromatic N) is 2. The predicted molar refractivity (Wildman–Crippen MR) is 63.8 cm³/mol. The van der Waals surface area contributed by atoms with Crippen molar-refractivity contribution in [1.29, 1.82) is 0 Å². The number of fused-ring (bicyclic) bond motifs is 1. The molecule has 1 atom stereocenters. The molecule has 2 rings (SSSR count). The van der Waals surface area contributed by atoms with Crippen molar-refractivity contribution in [2.45, 2.75) is 38.6 Å². The summed E-state index contributed by atoms with van der Waals surface area (Å²) in [4.78, 5) is 4.35. The van der Waals surface area contributed by atoms with Crippen molar-refractivity contribution in [3.63, 3.8) is 0 Å². The monoisotopic (exact) mass is 240 g/mol. The van der Waals surface area contributed by atoms with E-state index >= 15 is 0 Å². The molecule has 1 aromatic heterocycles. The van der Waals surface area contributed by atoms with Crippen molar-refractivity contribution in [3.8, 4) is 0 Å². The van der Waals surface area contributed by atoms with Gasteiger partial charge in [-0.15, -0.1) is 0 Å². The minimum Gasteiger partial charge on any atom is -0.314 e. The first-order chi connectivity index (χ1) is 7.72. The number of aromatic nitrogens is 1. The Balaban J connectivity index is 2.12. The summed E-state index contributed by atoms with van der Waals surface area (Å²) in [5, 5.41) is 12.1. The average Bonchev–Trinajstić information content (AvgIpc) is 2.29. The lowest BCUT2D eigenvalue weighted by Crippen LogP contribution is -2.37. The normalized spacial score (nSPS) is 19.9. The van der Waals surface area contributed by atoms with Gasteiger partial charge >= 0.3 is 0 Å². The van der Waals surface area contributed by atoms with Crippen molar-refractivity contribution >= 4 is 11.6 Å². The summed E-state index contributed by atoms with van der Waals surface area (Å²) >= 11 is 6.11. The van der Waals surface area contributed by atoms with E-state index in [1.165, 1.54) is 5.06 Å². The number of pyridine rings is 1. The maximum atomic E-state index is 9.84. The average molecular weight is 241 g/mol. The molecule has 0 spiro atoms. The third-order valence-corrected chi connectivity index (χ3v) is 3.47. The molecule has 0 saturated carbocycles. The first-order valence-electron chi connectivity index (χ1n) is 5.80. The predicted octanol–water partition coefficient (Wildman–Crippen LogP) is 2.69. The molecule has 1 heterocycles. The van der Waals surface area contributed by atoms with Crippen LogP contribution in [0.25, 0.3) is 0 Å². The molecular weight excluding hydrogens is 224 g/mol. The lowest BCUT2D eigenvalue weighted by atomic mass is 9.91. The Bertz CT molecular complexity index is 370. The highest BCUT2D eigenvalue weighted by Crippen LogP contribution is 2.27. The van der Waals surface area contributed by atoms with Gasteiger partial charge in [-0.3, -0.25) is 4.98 Å². The zero-order valence-corrected chi connectivity index (χ0v) is 10.2. The van der Waals surface area contributed by atoms with Gasteiger partial charge in [0.1, 0.15) is 0 Å². The van der Waals surface area contributed by atoms with Gasteiger partial charge in [0.2, 0.25) is 0 Å². The minimum absolute atomic E-state index is 0.193. The Kier molecular flexibility index (Phi) is 3.79. The van der Waals surface area contributed by atoms with Crippen LogP contribution in [-0.4, -0.2) is 27.8 Å².